The first kappa shape index (κ1) is 10.8. The van der Waals surface area contributed by atoms with E-state index >= 15 is 0 Å². The first-order valence-corrected chi connectivity index (χ1v) is 4.03. The van der Waals surface area contributed by atoms with E-state index in [9.17, 15) is 5.11 Å². The Labute approximate surface area is 75.0 Å². The van der Waals surface area contributed by atoms with Gasteiger partial charge in [-0.05, 0) is 0 Å². The number of ether oxygens (including phenoxy) is 1. The van der Waals surface area contributed by atoms with E-state index in [1.807, 2.05) is 0 Å². The monoisotopic (exact) mass is 194 g/mol. The second-order valence-electron chi connectivity index (χ2n) is 3.08. The molecule has 1 fully saturated rings. The minimum atomic E-state index is -1.52. The van der Waals surface area contributed by atoms with Crippen LogP contribution in [0.5, 0.6) is 0 Å². The molecule has 1 saturated heterocycles. The lowest BCUT2D eigenvalue weighted by atomic mass is 9.90. The maximum Gasteiger partial charge on any atom is 0.183 e. The lowest BCUT2D eigenvalue weighted by Gasteiger charge is -2.39. The zero-order chi connectivity index (χ0) is 10.0. The summed E-state index contributed by atoms with van der Waals surface area (Å²) in [5, 5.41) is 45.1. The summed E-state index contributed by atoms with van der Waals surface area (Å²) in [4.78, 5) is 0. The largest absolute Gasteiger partial charge is 0.396 e. The molecule has 1 aliphatic heterocycles. The summed E-state index contributed by atoms with van der Waals surface area (Å²) in [5.41, 5.74) is 0. The van der Waals surface area contributed by atoms with Crippen LogP contribution in [0.15, 0.2) is 0 Å². The predicted molar refractivity (Wildman–Crippen MR) is 40.6 cm³/mol. The van der Waals surface area contributed by atoms with Gasteiger partial charge in [0.05, 0.1) is 25.4 Å². The van der Waals surface area contributed by atoms with Gasteiger partial charge in [0.15, 0.2) is 6.29 Å². The summed E-state index contributed by atoms with van der Waals surface area (Å²) in [5.74, 6) is -0.775. The lowest BCUT2D eigenvalue weighted by molar-refractivity contribution is -0.277. The van der Waals surface area contributed by atoms with Gasteiger partial charge in [0, 0.05) is 5.92 Å². The highest BCUT2D eigenvalue weighted by Crippen LogP contribution is 2.24. The van der Waals surface area contributed by atoms with E-state index in [0.717, 1.165) is 0 Å². The van der Waals surface area contributed by atoms with Crippen molar-refractivity contribution in [3.8, 4) is 0 Å². The van der Waals surface area contributed by atoms with Crippen LogP contribution in [0.25, 0.3) is 0 Å². The summed E-state index contributed by atoms with van der Waals surface area (Å²) in [6, 6.07) is 0. The van der Waals surface area contributed by atoms with Gasteiger partial charge in [0.2, 0.25) is 0 Å². The van der Waals surface area contributed by atoms with Crippen LogP contribution in [0.3, 0.4) is 0 Å². The van der Waals surface area contributed by atoms with E-state index in [1.165, 1.54) is 0 Å². The maximum atomic E-state index is 9.35. The number of rotatable bonds is 2. The molecule has 1 rings (SSSR count). The molecular formula is C7H14O6. The van der Waals surface area contributed by atoms with Gasteiger partial charge in [0.1, 0.15) is 6.10 Å². The molecule has 1 heterocycles. The zero-order valence-corrected chi connectivity index (χ0v) is 6.95. The number of aliphatic hydroxyl groups excluding tert-OH is 5. The van der Waals surface area contributed by atoms with Crippen molar-refractivity contribution in [2.75, 3.05) is 13.2 Å². The first-order valence-electron chi connectivity index (χ1n) is 4.03. The molecule has 0 amide bonds. The fourth-order valence-corrected chi connectivity index (χ4v) is 1.41. The smallest absolute Gasteiger partial charge is 0.183 e. The second-order valence-corrected chi connectivity index (χ2v) is 3.08. The molecular weight excluding hydrogens is 180 g/mol. The standard InChI is InChI=1S/C7H14O6/c8-1-3-4(2-9)13-7(12)6(11)5(3)10/h3-12H,1-2H2/t3-,4-,5+,6-,7+/m1/s1. The molecule has 0 aromatic heterocycles. The molecule has 0 aromatic rings. The lowest BCUT2D eigenvalue weighted by Crippen LogP contribution is -2.56. The van der Waals surface area contributed by atoms with Gasteiger partial charge in [-0.15, -0.1) is 0 Å². The number of aliphatic hydroxyl groups is 5. The van der Waals surface area contributed by atoms with Crippen LogP contribution in [0, 0.1) is 5.92 Å². The molecule has 0 radical (unpaired) electrons. The van der Waals surface area contributed by atoms with E-state index in [0.29, 0.717) is 0 Å². The molecule has 0 saturated carbocycles. The molecule has 78 valence electrons. The Bertz CT molecular complexity index is 161. The van der Waals surface area contributed by atoms with Crippen LogP contribution in [0.4, 0.5) is 0 Å². The third-order valence-corrected chi connectivity index (χ3v) is 2.26. The zero-order valence-electron chi connectivity index (χ0n) is 6.95. The van der Waals surface area contributed by atoms with Crippen molar-refractivity contribution in [2.45, 2.75) is 24.6 Å². The molecule has 13 heavy (non-hydrogen) atoms. The molecule has 0 aliphatic carbocycles. The molecule has 0 unspecified atom stereocenters. The van der Waals surface area contributed by atoms with Gasteiger partial charge in [-0.3, -0.25) is 0 Å². The van der Waals surface area contributed by atoms with Crippen LogP contribution in [0.1, 0.15) is 0 Å². The van der Waals surface area contributed by atoms with E-state index in [2.05, 4.69) is 0 Å². The molecule has 0 bridgehead atoms. The van der Waals surface area contributed by atoms with E-state index in [1.54, 1.807) is 0 Å². The Morgan fingerprint density at radius 2 is 1.54 bits per heavy atom. The van der Waals surface area contributed by atoms with Crippen LogP contribution in [-0.4, -0.2) is 63.3 Å². The van der Waals surface area contributed by atoms with Gasteiger partial charge >= 0.3 is 0 Å². The van der Waals surface area contributed by atoms with Gasteiger partial charge in [-0.2, -0.15) is 0 Å². The van der Waals surface area contributed by atoms with Crippen LogP contribution in [-0.2, 0) is 4.74 Å². The van der Waals surface area contributed by atoms with Crippen molar-refractivity contribution >= 4 is 0 Å². The summed E-state index contributed by atoms with van der Waals surface area (Å²) < 4.78 is 4.76. The second kappa shape index (κ2) is 4.32. The van der Waals surface area contributed by atoms with E-state index in [-0.39, 0.29) is 0 Å². The Morgan fingerprint density at radius 3 is 2.00 bits per heavy atom. The Kier molecular flexibility index (Phi) is 3.60. The summed E-state index contributed by atoms with van der Waals surface area (Å²) in [6.45, 7) is -0.845. The van der Waals surface area contributed by atoms with Crippen molar-refractivity contribution < 1.29 is 30.3 Å². The van der Waals surface area contributed by atoms with Crippen molar-refractivity contribution in [1.82, 2.24) is 0 Å². The normalized spacial score (nSPS) is 46.4. The van der Waals surface area contributed by atoms with Crippen molar-refractivity contribution in [2.24, 2.45) is 5.92 Å². The highest BCUT2D eigenvalue weighted by Gasteiger charge is 2.42. The average Bonchev–Trinajstić information content (AvgIpc) is 2.13. The minimum absolute atomic E-state index is 0.420. The maximum absolute atomic E-state index is 9.35. The number of hydrogen-bond donors (Lipinski definition) is 5. The van der Waals surface area contributed by atoms with Crippen LogP contribution >= 0.6 is 0 Å². The SMILES string of the molecule is OC[C@H]1[C@H](O)[C@@H](O)[C@@H](O)O[C@@H]1CO. The highest BCUT2D eigenvalue weighted by atomic mass is 16.6. The van der Waals surface area contributed by atoms with Gasteiger partial charge in [0.25, 0.3) is 0 Å². The van der Waals surface area contributed by atoms with E-state index < -0.39 is 43.7 Å². The molecule has 0 aromatic carbocycles. The third-order valence-electron chi connectivity index (χ3n) is 2.26. The molecule has 1 aliphatic rings. The number of hydrogen-bond acceptors (Lipinski definition) is 6. The topological polar surface area (TPSA) is 110 Å². The molecule has 6 heteroatoms. The Morgan fingerprint density at radius 1 is 0.923 bits per heavy atom. The Balaban J connectivity index is 2.69. The third kappa shape index (κ3) is 1.98. The van der Waals surface area contributed by atoms with Crippen molar-refractivity contribution in [3.05, 3.63) is 0 Å². The van der Waals surface area contributed by atoms with Crippen LogP contribution in [0.2, 0.25) is 0 Å². The quantitative estimate of drug-likeness (QED) is 0.321. The average molecular weight is 194 g/mol. The van der Waals surface area contributed by atoms with Crippen molar-refractivity contribution in [1.29, 1.82) is 0 Å². The highest BCUT2D eigenvalue weighted by molar-refractivity contribution is 4.87. The fraction of sp³-hybridized carbons (Fsp3) is 1.00. The van der Waals surface area contributed by atoms with Gasteiger partial charge in [-0.25, -0.2) is 0 Å². The molecule has 0 spiro atoms. The summed E-state index contributed by atoms with van der Waals surface area (Å²) in [6.07, 6.45) is -5.10. The summed E-state index contributed by atoms with van der Waals surface area (Å²) >= 11 is 0. The molecule has 6 nitrogen and oxygen atoms in total. The predicted octanol–water partition coefficient (Wildman–Crippen LogP) is -2.97. The first-order chi connectivity index (χ1) is 6.11. The van der Waals surface area contributed by atoms with Gasteiger partial charge in [-0.1, -0.05) is 0 Å². The fourth-order valence-electron chi connectivity index (χ4n) is 1.41. The van der Waals surface area contributed by atoms with E-state index in [4.69, 9.17) is 25.2 Å². The summed E-state index contributed by atoms with van der Waals surface area (Å²) in [7, 11) is 0. The van der Waals surface area contributed by atoms with Crippen molar-refractivity contribution in [3.63, 3.8) is 0 Å². The Hall–Kier alpha value is -0.240. The molecule has 5 N–H and O–H groups in total. The minimum Gasteiger partial charge on any atom is -0.396 e. The van der Waals surface area contributed by atoms with Gasteiger partial charge < -0.3 is 30.3 Å². The van der Waals surface area contributed by atoms with Crippen LogP contribution < -0.4 is 0 Å². The molecule has 5 atom stereocenters.